The molecule has 2 aromatic rings. The van der Waals surface area contributed by atoms with E-state index in [-0.39, 0.29) is 10.6 Å². The van der Waals surface area contributed by atoms with E-state index in [1.165, 1.54) is 26.0 Å². The summed E-state index contributed by atoms with van der Waals surface area (Å²) in [6.45, 7) is 2.34. The molecule has 2 amide bonds. The number of sulfone groups is 1. The number of benzene rings is 1. The number of primary amides is 1. The average Bonchev–Trinajstić information content (AvgIpc) is 2.97. The first-order valence-electron chi connectivity index (χ1n) is 8.00. The number of alkyl halides is 3. The van der Waals surface area contributed by atoms with E-state index in [1.54, 1.807) is 0 Å². The Hall–Kier alpha value is -2.44. The summed E-state index contributed by atoms with van der Waals surface area (Å²) in [5.74, 6) is -1.99. The van der Waals surface area contributed by atoms with Gasteiger partial charge in [0.15, 0.2) is 0 Å². The number of carbonyl (C=O) groups excluding carboxylic acids is 2. The first-order valence-corrected chi connectivity index (χ1v) is 10.3. The van der Waals surface area contributed by atoms with Gasteiger partial charge in [0.25, 0.3) is 11.8 Å². The number of anilines is 1. The van der Waals surface area contributed by atoms with Crippen LogP contribution in [0.5, 0.6) is 0 Å². The van der Waals surface area contributed by atoms with Crippen molar-refractivity contribution in [3.63, 3.8) is 0 Å². The maximum atomic E-state index is 12.9. The molecule has 0 aliphatic carbocycles. The number of aliphatic hydroxyl groups is 1. The van der Waals surface area contributed by atoms with Gasteiger partial charge in [-0.3, -0.25) is 9.59 Å². The van der Waals surface area contributed by atoms with Gasteiger partial charge < -0.3 is 16.2 Å². The van der Waals surface area contributed by atoms with Crippen molar-refractivity contribution in [1.29, 1.82) is 0 Å². The van der Waals surface area contributed by atoms with E-state index in [0.29, 0.717) is 11.3 Å². The molecule has 0 unspecified atom stereocenters. The van der Waals surface area contributed by atoms with E-state index < -0.39 is 54.5 Å². The van der Waals surface area contributed by atoms with Gasteiger partial charge >= 0.3 is 6.18 Å². The van der Waals surface area contributed by atoms with Gasteiger partial charge in [0, 0.05) is 0 Å². The molecule has 12 heteroatoms. The zero-order valence-electron chi connectivity index (χ0n) is 15.2. The first-order chi connectivity index (χ1) is 13.1. The molecule has 1 aromatic heterocycles. The van der Waals surface area contributed by atoms with E-state index in [1.807, 2.05) is 0 Å². The molecular formula is C17H17F3N2O5S2. The molecule has 4 N–H and O–H groups in total. The molecule has 0 saturated heterocycles. The summed E-state index contributed by atoms with van der Waals surface area (Å²) in [7, 11) is -4.45. The van der Waals surface area contributed by atoms with Crippen LogP contribution < -0.4 is 11.1 Å². The van der Waals surface area contributed by atoms with E-state index in [2.05, 4.69) is 5.32 Å². The Morgan fingerprint density at radius 3 is 2.31 bits per heavy atom. The van der Waals surface area contributed by atoms with Crippen LogP contribution in [0.2, 0.25) is 0 Å². The van der Waals surface area contributed by atoms with Crippen LogP contribution in [0.4, 0.5) is 18.2 Å². The standard InChI is InChI=1S/C17H17F3N2O5S2/c1-16(2,25)15(24)22-14-10(13(21)23)7-12(28-14)29(26,27)11-6-4-3-5-9(11)8-17(18,19)20/h3-7,25H,8H2,1-2H3,(H2,21,23)(H,22,24). The topological polar surface area (TPSA) is 127 Å². The van der Waals surface area contributed by atoms with Crippen LogP contribution in [-0.4, -0.2) is 37.1 Å². The maximum absolute atomic E-state index is 12.9. The molecule has 0 aliphatic rings. The number of carbonyl (C=O) groups is 2. The van der Waals surface area contributed by atoms with E-state index in [4.69, 9.17) is 5.73 Å². The molecule has 1 heterocycles. The summed E-state index contributed by atoms with van der Waals surface area (Å²) in [5.41, 5.74) is 2.57. The Balaban J connectivity index is 2.56. The SMILES string of the molecule is CC(C)(O)C(=O)Nc1sc(S(=O)(=O)c2ccccc2CC(F)(F)F)cc1C(N)=O. The molecule has 0 radical (unpaired) electrons. The second-order valence-corrected chi connectivity index (χ2v) is 9.79. The molecule has 1 aromatic carbocycles. The normalized spacial score (nSPS) is 12.6. The molecule has 29 heavy (non-hydrogen) atoms. The third-order valence-corrected chi connectivity index (χ3v) is 7.05. The van der Waals surface area contributed by atoms with Crippen molar-refractivity contribution in [3.8, 4) is 0 Å². The Bertz CT molecular complexity index is 1050. The first kappa shape index (κ1) is 22.8. The molecule has 2 rings (SSSR count). The highest BCUT2D eigenvalue weighted by atomic mass is 32.2. The fourth-order valence-electron chi connectivity index (χ4n) is 2.27. The van der Waals surface area contributed by atoms with Crippen LogP contribution in [0, 0.1) is 0 Å². The minimum absolute atomic E-state index is 0.239. The molecule has 7 nitrogen and oxygen atoms in total. The zero-order valence-corrected chi connectivity index (χ0v) is 16.8. The van der Waals surface area contributed by atoms with Gasteiger partial charge in [0.2, 0.25) is 9.84 Å². The Labute approximate surface area is 168 Å². The number of hydrogen-bond acceptors (Lipinski definition) is 6. The highest BCUT2D eigenvalue weighted by Gasteiger charge is 2.33. The Kier molecular flexibility index (Phi) is 6.12. The highest BCUT2D eigenvalue weighted by Crippen LogP contribution is 2.37. The summed E-state index contributed by atoms with van der Waals surface area (Å²) in [6, 6.07) is 5.49. The second kappa shape index (κ2) is 7.76. The van der Waals surface area contributed by atoms with Gasteiger partial charge in [-0.05, 0) is 31.5 Å². The number of nitrogens with one attached hydrogen (secondary N) is 1. The molecule has 0 bridgehead atoms. The van der Waals surface area contributed by atoms with Crippen LogP contribution in [0.1, 0.15) is 29.8 Å². The fraction of sp³-hybridized carbons (Fsp3) is 0.294. The number of hydrogen-bond donors (Lipinski definition) is 3. The summed E-state index contributed by atoms with van der Waals surface area (Å²) in [5, 5.41) is 11.7. The zero-order chi connectivity index (χ0) is 22.2. The number of amides is 2. The van der Waals surface area contributed by atoms with Crippen molar-refractivity contribution in [2.75, 3.05) is 5.32 Å². The van der Waals surface area contributed by atoms with Gasteiger partial charge in [-0.15, -0.1) is 11.3 Å². The van der Waals surface area contributed by atoms with Crippen molar-refractivity contribution in [2.24, 2.45) is 5.73 Å². The maximum Gasteiger partial charge on any atom is 0.393 e. The van der Waals surface area contributed by atoms with Crippen molar-refractivity contribution >= 4 is 38.0 Å². The lowest BCUT2D eigenvalue weighted by Crippen LogP contribution is -2.36. The smallest absolute Gasteiger partial charge is 0.381 e. The number of halogens is 3. The van der Waals surface area contributed by atoms with Crippen LogP contribution in [-0.2, 0) is 21.1 Å². The van der Waals surface area contributed by atoms with E-state index in [0.717, 1.165) is 18.2 Å². The summed E-state index contributed by atoms with van der Waals surface area (Å²) in [4.78, 5) is 23.0. The van der Waals surface area contributed by atoms with E-state index in [9.17, 15) is 36.3 Å². The summed E-state index contributed by atoms with van der Waals surface area (Å²) in [6.07, 6.45) is -6.09. The van der Waals surface area contributed by atoms with Gasteiger partial charge in [-0.25, -0.2) is 8.42 Å². The summed E-state index contributed by atoms with van der Waals surface area (Å²) < 4.78 is 63.9. The molecule has 0 fully saturated rings. The van der Waals surface area contributed by atoms with Gasteiger partial charge in [0.1, 0.15) is 14.8 Å². The molecular weight excluding hydrogens is 433 g/mol. The van der Waals surface area contributed by atoms with Crippen molar-refractivity contribution < 1.29 is 36.3 Å². The number of nitrogens with two attached hydrogens (primary N) is 1. The van der Waals surface area contributed by atoms with Gasteiger partial charge in [-0.2, -0.15) is 13.2 Å². The lowest BCUT2D eigenvalue weighted by Gasteiger charge is -2.16. The third-order valence-electron chi connectivity index (χ3n) is 3.68. The second-order valence-electron chi connectivity index (χ2n) is 6.59. The number of rotatable bonds is 6. The van der Waals surface area contributed by atoms with Crippen LogP contribution in [0.15, 0.2) is 39.4 Å². The monoisotopic (exact) mass is 450 g/mol. The molecule has 158 valence electrons. The molecule has 0 atom stereocenters. The fourth-order valence-corrected chi connectivity index (χ4v) is 5.25. The molecule has 0 spiro atoms. The predicted molar refractivity (Wildman–Crippen MR) is 99.4 cm³/mol. The quantitative estimate of drug-likeness (QED) is 0.623. The van der Waals surface area contributed by atoms with E-state index >= 15 is 0 Å². The lowest BCUT2D eigenvalue weighted by atomic mass is 10.1. The van der Waals surface area contributed by atoms with Gasteiger partial charge in [0.05, 0.1) is 16.9 Å². The minimum Gasteiger partial charge on any atom is -0.381 e. The lowest BCUT2D eigenvalue weighted by molar-refractivity contribution is -0.130. The molecule has 0 aliphatic heterocycles. The molecule has 0 saturated carbocycles. The van der Waals surface area contributed by atoms with Crippen LogP contribution >= 0.6 is 11.3 Å². The van der Waals surface area contributed by atoms with Gasteiger partial charge in [-0.1, -0.05) is 18.2 Å². The predicted octanol–water partition coefficient (Wildman–Crippen LogP) is 2.49. The third kappa shape index (κ3) is 5.34. The van der Waals surface area contributed by atoms with Crippen molar-refractivity contribution in [1.82, 2.24) is 0 Å². The van der Waals surface area contributed by atoms with Crippen LogP contribution in [0.3, 0.4) is 0 Å². The largest absolute Gasteiger partial charge is 0.393 e. The highest BCUT2D eigenvalue weighted by molar-refractivity contribution is 7.93. The Morgan fingerprint density at radius 2 is 1.79 bits per heavy atom. The van der Waals surface area contributed by atoms with Crippen molar-refractivity contribution in [3.05, 3.63) is 41.5 Å². The van der Waals surface area contributed by atoms with Crippen LogP contribution in [0.25, 0.3) is 0 Å². The minimum atomic E-state index is -4.63. The van der Waals surface area contributed by atoms with Crippen molar-refractivity contribution in [2.45, 2.75) is 41.2 Å². The number of thiophene rings is 1. The summed E-state index contributed by atoms with van der Waals surface area (Å²) >= 11 is 0.448. The average molecular weight is 450 g/mol. The Morgan fingerprint density at radius 1 is 1.21 bits per heavy atom.